The molecule has 6 nitrogen and oxygen atoms in total. The molecule has 0 aliphatic carbocycles. The zero-order valence-electron chi connectivity index (χ0n) is 11.7. The van der Waals surface area contributed by atoms with Crippen molar-refractivity contribution in [2.24, 2.45) is 0 Å². The Kier molecular flexibility index (Phi) is 3.87. The summed E-state index contributed by atoms with van der Waals surface area (Å²) in [5.74, 6) is 1.35. The molecule has 1 aromatic carbocycles. The Morgan fingerprint density at radius 3 is 2.91 bits per heavy atom. The van der Waals surface area contributed by atoms with E-state index in [9.17, 15) is 9.36 Å². The van der Waals surface area contributed by atoms with Crippen molar-refractivity contribution in [3.8, 4) is 0 Å². The third-order valence-corrected chi connectivity index (χ3v) is 5.19. The molecule has 0 radical (unpaired) electrons. The van der Waals surface area contributed by atoms with Crippen LogP contribution in [0, 0.1) is 0 Å². The summed E-state index contributed by atoms with van der Waals surface area (Å²) in [6.45, 7) is 1.98. The van der Waals surface area contributed by atoms with Gasteiger partial charge in [-0.1, -0.05) is 18.2 Å². The Labute approximate surface area is 131 Å². The molecule has 1 atom stereocenters. The lowest BCUT2D eigenvalue weighted by Gasteiger charge is -2.24. The van der Waals surface area contributed by atoms with Gasteiger partial charge in [0.1, 0.15) is 5.58 Å². The summed E-state index contributed by atoms with van der Waals surface area (Å²) in [6.07, 6.45) is 0. The molecule has 2 heterocycles. The second kappa shape index (κ2) is 5.68. The van der Waals surface area contributed by atoms with Gasteiger partial charge in [-0.15, -0.1) is 0 Å². The molecule has 114 valence electrons. The number of thiocarbonyl (C=S) groups is 1. The van der Waals surface area contributed by atoms with E-state index < -0.39 is 13.1 Å². The molecule has 0 saturated heterocycles. The average molecular weight is 336 g/mol. The van der Waals surface area contributed by atoms with Crippen molar-refractivity contribution in [2.45, 2.75) is 6.92 Å². The molecule has 1 unspecified atom stereocenters. The van der Waals surface area contributed by atoms with Crippen LogP contribution in [-0.4, -0.2) is 11.7 Å². The number of benzene rings is 1. The van der Waals surface area contributed by atoms with Gasteiger partial charge in [-0.25, -0.2) is 4.79 Å². The van der Waals surface area contributed by atoms with Crippen molar-refractivity contribution in [1.82, 2.24) is 10.4 Å². The highest BCUT2D eigenvalue weighted by Crippen LogP contribution is 2.47. The van der Waals surface area contributed by atoms with Gasteiger partial charge in [-0.05, 0) is 31.3 Å². The van der Waals surface area contributed by atoms with E-state index in [1.807, 2.05) is 12.1 Å². The Balaban J connectivity index is 2.15. The first-order chi connectivity index (χ1) is 10.5. The van der Waals surface area contributed by atoms with Crippen LogP contribution < -0.4 is 16.0 Å². The summed E-state index contributed by atoms with van der Waals surface area (Å²) in [5, 5.41) is 6.32. The molecule has 1 aromatic heterocycles. The molecule has 0 fully saturated rings. The average Bonchev–Trinajstić information content (AvgIpc) is 2.45. The Bertz CT molecular complexity index is 890. The van der Waals surface area contributed by atoms with Crippen LogP contribution in [0.2, 0.25) is 0 Å². The summed E-state index contributed by atoms with van der Waals surface area (Å²) >= 11 is 5.04. The van der Waals surface area contributed by atoms with Gasteiger partial charge >= 0.3 is 13.1 Å². The first-order valence-corrected chi connectivity index (χ1v) is 8.70. The second-order valence-corrected chi connectivity index (χ2v) is 6.95. The summed E-state index contributed by atoms with van der Waals surface area (Å²) in [4.78, 5) is 12.2. The van der Waals surface area contributed by atoms with Gasteiger partial charge in [0.15, 0.2) is 5.11 Å². The summed E-state index contributed by atoms with van der Waals surface area (Å²) in [5.41, 5.74) is 0.522. The minimum atomic E-state index is -3.27. The third-order valence-electron chi connectivity index (χ3n) is 3.06. The van der Waals surface area contributed by atoms with E-state index in [0.29, 0.717) is 11.3 Å². The number of hydrogen-bond donors (Lipinski definition) is 2. The van der Waals surface area contributed by atoms with Gasteiger partial charge in [-0.2, -0.15) is 0 Å². The van der Waals surface area contributed by atoms with E-state index >= 15 is 0 Å². The first kappa shape index (κ1) is 15.0. The van der Waals surface area contributed by atoms with Crippen LogP contribution in [0.5, 0.6) is 0 Å². The maximum Gasteiger partial charge on any atom is 0.345 e. The lowest BCUT2D eigenvalue weighted by Crippen LogP contribution is -2.37. The van der Waals surface area contributed by atoms with Gasteiger partial charge in [0.25, 0.3) is 0 Å². The van der Waals surface area contributed by atoms with Gasteiger partial charge in [0, 0.05) is 11.2 Å². The molecule has 2 aromatic rings. The molecule has 0 spiro atoms. The van der Waals surface area contributed by atoms with Crippen LogP contribution in [-0.2, 0) is 9.09 Å². The minimum Gasteiger partial charge on any atom is -0.422 e. The zero-order valence-corrected chi connectivity index (χ0v) is 13.4. The predicted molar refractivity (Wildman–Crippen MR) is 88.6 cm³/mol. The van der Waals surface area contributed by atoms with Crippen LogP contribution >= 0.6 is 19.7 Å². The fourth-order valence-corrected chi connectivity index (χ4v) is 4.14. The van der Waals surface area contributed by atoms with E-state index in [-0.39, 0.29) is 17.3 Å². The van der Waals surface area contributed by atoms with Crippen LogP contribution in [0.25, 0.3) is 16.7 Å². The summed E-state index contributed by atoms with van der Waals surface area (Å²) in [7, 11) is -3.27. The van der Waals surface area contributed by atoms with E-state index in [1.165, 1.54) is 5.82 Å². The molecular weight excluding hydrogens is 323 g/mol. The number of rotatable bonds is 3. The van der Waals surface area contributed by atoms with Crippen molar-refractivity contribution < 1.29 is 13.5 Å². The number of fused-ring (bicyclic) bond motifs is 1. The normalized spacial score (nSPS) is 21.1. The van der Waals surface area contributed by atoms with E-state index in [1.54, 1.807) is 25.1 Å². The lowest BCUT2D eigenvalue weighted by atomic mass is 10.1. The molecular formula is C14H13N2O4PS. The number of para-hydroxylation sites is 1. The summed E-state index contributed by atoms with van der Waals surface area (Å²) in [6, 6.07) is 8.83. The highest BCUT2D eigenvalue weighted by atomic mass is 32.1. The molecule has 3 rings (SSSR count). The van der Waals surface area contributed by atoms with E-state index in [0.717, 1.165) is 5.39 Å². The molecule has 1 aliphatic heterocycles. The van der Waals surface area contributed by atoms with Gasteiger partial charge in [-0.3, -0.25) is 9.65 Å². The van der Waals surface area contributed by atoms with Crippen LogP contribution in [0.15, 0.2) is 45.4 Å². The van der Waals surface area contributed by atoms with Crippen molar-refractivity contribution in [3.63, 3.8) is 0 Å². The fourth-order valence-electron chi connectivity index (χ4n) is 2.17. The monoisotopic (exact) mass is 336 g/mol. The Morgan fingerprint density at radius 2 is 2.14 bits per heavy atom. The molecule has 2 N–H and O–H groups in total. The van der Waals surface area contributed by atoms with Crippen LogP contribution in [0.1, 0.15) is 12.5 Å². The van der Waals surface area contributed by atoms with E-state index in [4.69, 9.17) is 21.2 Å². The quantitative estimate of drug-likeness (QED) is 0.507. The van der Waals surface area contributed by atoms with Gasteiger partial charge in [0.2, 0.25) is 0 Å². The molecule has 0 saturated carbocycles. The molecule has 0 bridgehead atoms. The number of hydrogen-bond acceptors (Lipinski definition) is 5. The standard InChI is InChI=1S/C14H13N2O4PS/c1-2-19-21(18)8-11(15-14(22)16-21)10-7-9-5-3-4-6-12(9)20-13(10)17/h3-8H,2H2,1H3,(H2,15,16,18,22). The SMILES string of the molecule is CCOP1(=O)C=C(c2cc3ccccc3oc2=O)NC(=S)N1. The maximum absolute atomic E-state index is 12.5. The second-order valence-electron chi connectivity index (χ2n) is 4.61. The molecule has 1 aliphatic rings. The lowest BCUT2D eigenvalue weighted by molar-refractivity contribution is 0.336. The van der Waals surface area contributed by atoms with E-state index in [2.05, 4.69) is 10.4 Å². The number of nitrogens with one attached hydrogen (secondary N) is 2. The maximum atomic E-state index is 12.5. The smallest absolute Gasteiger partial charge is 0.345 e. The highest BCUT2D eigenvalue weighted by Gasteiger charge is 2.28. The van der Waals surface area contributed by atoms with Gasteiger partial charge < -0.3 is 14.3 Å². The van der Waals surface area contributed by atoms with Crippen molar-refractivity contribution in [1.29, 1.82) is 0 Å². The van der Waals surface area contributed by atoms with Crippen molar-refractivity contribution in [2.75, 3.05) is 6.61 Å². The highest BCUT2D eigenvalue weighted by molar-refractivity contribution is 7.81. The molecule has 22 heavy (non-hydrogen) atoms. The Morgan fingerprint density at radius 1 is 1.36 bits per heavy atom. The zero-order chi connectivity index (χ0) is 15.7. The third kappa shape index (κ3) is 2.83. The van der Waals surface area contributed by atoms with Crippen LogP contribution in [0.3, 0.4) is 0 Å². The topological polar surface area (TPSA) is 80.6 Å². The van der Waals surface area contributed by atoms with Crippen LogP contribution in [0.4, 0.5) is 0 Å². The molecule has 0 amide bonds. The van der Waals surface area contributed by atoms with Crippen molar-refractivity contribution >= 4 is 41.5 Å². The summed E-state index contributed by atoms with van der Waals surface area (Å²) < 4.78 is 23.0. The van der Waals surface area contributed by atoms with Gasteiger partial charge in [0.05, 0.1) is 17.9 Å². The fraction of sp³-hybridized carbons (Fsp3) is 0.143. The predicted octanol–water partition coefficient (Wildman–Crippen LogP) is 2.80. The largest absolute Gasteiger partial charge is 0.422 e. The minimum absolute atomic E-state index is 0.141. The molecule has 8 heteroatoms. The van der Waals surface area contributed by atoms with Crippen molar-refractivity contribution in [3.05, 3.63) is 52.1 Å². The first-order valence-electron chi connectivity index (χ1n) is 6.60. The Hall–Kier alpha value is -1.95.